The molecule has 0 spiro atoms. The molecule has 11 heavy (non-hydrogen) atoms. The molecule has 1 N–H and O–H groups in total. The van der Waals surface area contributed by atoms with Crippen LogP contribution in [0.1, 0.15) is 20.8 Å². The Balaban J connectivity index is 2.53. The quantitative estimate of drug-likeness (QED) is 0.641. The first-order valence-electron chi connectivity index (χ1n) is 4.21. The zero-order valence-electron chi connectivity index (χ0n) is 7.59. The minimum absolute atomic E-state index is 1.01. The summed E-state index contributed by atoms with van der Waals surface area (Å²) in [5.41, 5.74) is 4.68. The van der Waals surface area contributed by atoms with Crippen LogP contribution >= 0.6 is 0 Å². The topological polar surface area (TPSA) is 18.5 Å². The third-order valence-corrected chi connectivity index (χ3v) is 1.81. The van der Waals surface area contributed by atoms with Gasteiger partial charge in [-0.15, -0.1) is 0 Å². The van der Waals surface area contributed by atoms with Crippen LogP contribution in [0.2, 0.25) is 0 Å². The number of hydrogen-bond acceptors (Lipinski definition) is 3. The molecule has 1 heterocycles. The summed E-state index contributed by atoms with van der Waals surface area (Å²) in [6.45, 7) is 9.53. The Hall–Kier alpha value is -0.540. The third kappa shape index (κ3) is 2.20. The molecule has 3 nitrogen and oxygen atoms in total. The van der Waals surface area contributed by atoms with Crippen molar-refractivity contribution in [2.24, 2.45) is 0 Å². The summed E-state index contributed by atoms with van der Waals surface area (Å²) in [5.74, 6) is 0. The van der Waals surface area contributed by atoms with Crippen LogP contribution in [0.15, 0.2) is 11.8 Å². The maximum Gasteiger partial charge on any atom is 0.0373 e. The summed E-state index contributed by atoms with van der Waals surface area (Å²) in [4.78, 5) is 0. The molecular formula is C8H17N3. The summed E-state index contributed by atoms with van der Waals surface area (Å²) in [5, 5.41) is 4.29. The van der Waals surface area contributed by atoms with E-state index in [9.17, 15) is 0 Å². The molecule has 0 saturated heterocycles. The fourth-order valence-corrected chi connectivity index (χ4v) is 1.20. The Morgan fingerprint density at radius 2 is 2.18 bits per heavy atom. The summed E-state index contributed by atoms with van der Waals surface area (Å²) in [7, 11) is 0. The maximum absolute atomic E-state index is 3.27. The van der Waals surface area contributed by atoms with Gasteiger partial charge < -0.3 is 5.01 Å². The molecule has 3 heteroatoms. The van der Waals surface area contributed by atoms with Gasteiger partial charge in [0.1, 0.15) is 0 Å². The van der Waals surface area contributed by atoms with Crippen molar-refractivity contribution in [3.63, 3.8) is 0 Å². The molecule has 0 atom stereocenters. The molecule has 0 saturated carbocycles. The Morgan fingerprint density at radius 3 is 2.73 bits per heavy atom. The number of nitrogens with zero attached hydrogens (tertiary/aromatic N) is 2. The molecular weight excluding hydrogens is 138 g/mol. The zero-order valence-corrected chi connectivity index (χ0v) is 7.59. The fraction of sp³-hybridized carbons (Fsp3) is 0.750. The maximum atomic E-state index is 3.27. The van der Waals surface area contributed by atoms with Crippen molar-refractivity contribution in [3.8, 4) is 0 Å². The fourth-order valence-electron chi connectivity index (χ4n) is 1.20. The number of hydrazine groups is 2. The van der Waals surface area contributed by atoms with Crippen LogP contribution < -0.4 is 5.53 Å². The molecule has 0 unspecified atom stereocenters. The Morgan fingerprint density at radius 1 is 1.45 bits per heavy atom. The lowest BCUT2D eigenvalue weighted by molar-refractivity contribution is 0.0584. The highest BCUT2D eigenvalue weighted by molar-refractivity contribution is 5.01. The van der Waals surface area contributed by atoms with Crippen LogP contribution in [0, 0.1) is 0 Å². The van der Waals surface area contributed by atoms with Crippen molar-refractivity contribution in [1.82, 2.24) is 15.6 Å². The highest BCUT2D eigenvalue weighted by Crippen LogP contribution is 2.04. The number of nitrogens with one attached hydrogen (secondary N) is 1. The summed E-state index contributed by atoms with van der Waals surface area (Å²) < 4.78 is 0. The van der Waals surface area contributed by atoms with Gasteiger partial charge in [0.25, 0.3) is 0 Å². The summed E-state index contributed by atoms with van der Waals surface area (Å²) in [6.07, 6.45) is 2.16. The van der Waals surface area contributed by atoms with Gasteiger partial charge in [0.15, 0.2) is 0 Å². The summed E-state index contributed by atoms with van der Waals surface area (Å²) >= 11 is 0. The predicted octanol–water partition coefficient (Wildman–Crippen LogP) is 0.967. The Bertz CT molecular complexity index is 153. The Kier molecular flexibility index (Phi) is 2.91. The van der Waals surface area contributed by atoms with E-state index in [0.717, 1.165) is 19.6 Å². The van der Waals surface area contributed by atoms with Crippen molar-refractivity contribution in [2.45, 2.75) is 20.8 Å². The van der Waals surface area contributed by atoms with E-state index in [-0.39, 0.29) is 0 Å². The van der Waals surface area contributed by atoms with Gasteiger partial charge in [-0.1, -0.05) is 6.92 Å². The van der Waals surface area contributed by atoms with Crippen molar-refractivity contribution < 1.29 is 0 Å². The number of likely N-dealkylation sites (N-methyl/N-ethyl adjacent to an activating group) is 1. The van der Waals surface area contributed by atoms with E-state index in [1.54, 1.807) is 0 Å². The molecule has 0 radical (unpaired) electrons. The predicted molar refractivity (Wildman–Crippen MR) is 46.5 cm³/mol. The first-order chi connectivity index (χ1) is 5.26. The lowest BCUT2D eigenvalue weighted by Crippen LogP contribution is -2.51. The van der Waals surface area contributed by atoms with Crippen molar-refractivity contribution in [1.29, 1.82) is 0 Å². The van der Waals surface area contributed by atoms with Crippen LogP contribution in [0.5, 0.6) is 0 Å². The largest absolute Gasteiger partial charge is 0.302 e. The van der Waals surface area contributed by atoms with Crippen molar-refractivity contribution in [2.75, 3.05) is 19.6 Å². The highest BCUT2D eigenvalue weighted by Gasteiger charge is 2.10. The minimum atomic E-state index is 1.01. The average molecular weight is 155 g/mol. The van der Waals surface area contributed by atoms with Crippen LogP contribution in [0.25, 0.3) is 0 Å². The first kappa shape index (κ1) is 8.56. The van der Waals surface area contributed by atoms with Crippen LogP contribution in [-0.4, -0.2) is 29.7 Å². The number of rotatable bonds is 2. The molecule has 64 valence electrons. The lowest BCUT2D eigenvalue weighted by atomic mass is 10.3. The van der Waals surface area contributed by atoms with Crippen LogP contribution in [0.4, 0.5) is 0 Å². The normalized spacial score (nSPS) is 20.3. The molecule has 0 aromatic carbocycles. The molecule has 0 bridgehead atoms. The zero-order chi connectivity index (χ0) is 8.27. The molecule has 0 aromatic heterocycles. The SMILES string of the molecule is CCN1C=C(C)CN(CC)N1. The second-order valence-corrected chi connectivity index (χ2v) is 2.88. The molecule has 0 aliphatic carbocycles. The van der Waals surface area contributed by atoms with E-state index in [0.29, 0.717) is 0 Å². The molecule has 0 aromatic rings. The molecule has 1 aliphatic heterocycles. The molecule has 0 fully saturated rings. The van der Waals surface area contributed by atoms with Gasteiger partial charge in [0.05, 0.1) is 0 Å². The van der Waals surface area contributed by atoms with Gasteiger partial charge in [-0.2, -0.15) is 5.53 Å². The Labute approximate surface area is 68.6 Å². The lowest BCUT2D eigenvalue weighted by Gasteiger charge is -2.34. The van der Waals surface area contributed by atoms with E-state index in [1.165, 1.54) is 5.57 Å². The van der Waals surface area contributed by atoms with Gasteiger partial charge in [0, 0.05) is 25.8 Å². The molecule has 0 amide bonds. The summed E-state index contributed by atoms with van der Waals surface area (Å²) in [6, 6.07) is 0. The van der Waals surface area contributed by atoms with Crippen molar-refractivity contribution in [3.05, 3.63) is 11.8 Å². The van der Waals surface area contributed by atoms with Crippen molar-refractivity contribution >= 4 is 0 Å². The van der Waals surface area contributed by atoms with Gasteiger partial charge in [-0.3, -0.25) is 0 Å². The van der Waals surface area contributed by atoms with E-state index in [4.69, 9.17) is 0 Å². The third-order valence-electron chi connectivity index (χ3n) is 1.81. The van der Waals surface area contributed by atoms with E-state index in [2.05, 4.69) is 42.5 Å². The van der Waals surface area contributed by atoms with Gasteiger partial charge in [-0.05, 0) is 19.4 Å². The molecule has 1 rings (SSSR count). The van der Waals surface area contributed by atoms with Gasteiger partial charge in [-0.25, -0.2) is 5.01 Å². The standard InChI is InChI=1S/C8H17N3/c1-4-10-6-8(3)7-11(5-2)9-10/h6,9H,4-5,7H2,1-3H3. The first-order valence-corrected chi connectivity index (χ1v) is 4.21. The minimum Gasteiger partial charge on any atom is -0.302 e. The average Bonchev–Trinajstić information content (AvgIpc) is 2.03. The second kappa shape index (κ2) is 3.74. The number of hydrogen-bond donors (Lipinski definition) is 1. The monoisotopic (exact) mass is 155 g/mol. The van der Waals surface area contributed by atoms with Gasteiger partial charge >= 0.3 is 0 Å². The van der Waals surface area contributed by atoms with E-state index in [1.807, 2.05) is 0 Å². The highest BCUT2D eigenvalue weighted by atomic mass is 15.7. The van der Waals surface area contributed by atoms with E-state index < -0.39 is 0 Å². The van der Waals surface area contributed by atoms with Crippen LogP contribution in [-0.2, 0) is 0 Å². The van der Waals surface area contributed by atoms with E-state index >= 15 is 0 Å². The van der Waals surface area contributed by atoms with Crippen LogP contribution in [0.3, 0.4) is 0 Å². The second-order valence-electron chi connectivity index (χ2n) is 2.88. The molecule has 1 aliphatic rings. The smallest absolute Gasteiger partial charge is 0.0373 e. The van der Waals surface area contributed by atoms with Gasteiger partial charge in [0.2, 0.25) is 0 Å².